The number of rotatable bonds is 3. The van der Waals surface area contributed by atoms with E-state index in [9.17, 15) is 15.0 Å². The molecular weight excluding hydrogens is 308 g/mol. The van der Waals surface area contributed by atoms with E-state index < -0.39 is 0 Å². The molecule has 3 aromatic rings. The lowest BCUT2D eigenvalue weighted by molar-refractivity contribution is 0.410. The Balaban J connectivity index is 2.47. The molecule has 0 saturated heterocycles. The smallest absolute Gasteiger partial charge is 0.204 e. The normalized spacial score (nSPS) is 11.0. The maximum absolute atomic E-state index is 12.9. The molecule has 1 aromatic heterocycles. The van der Waals surface area contributed by atoms with Gasteiger partial charge in [0.05, 0.1) is 12.5 Å². The quantitative estimate of drug-likeness (QED) is 0.564. The number of fused-ring (bicyclic) bond motifs is 2. The first-order chi connectivity index (χ1) is 11.4. The number of hydrogen-bond donors (Lipinski definition) is 2. The highest BCUT2D eigenvalue weighted by atomic mass is 16.5. The molecule has 0 atom stereocenters. The molecule has 0 bridgehead atoms. The van der Waals surface area contributed by atoms with E-state index in [1.807, 2.05) is 19.9 Å². The zero-order chi connectivity index (χ0) is 17.4. The van der Waals surface area contributed by atoms with Crippen LogP contribution in [0, 0.1) is 0 Å². The van der Waals surface area contributed by atoms with Gasteiger partial charge in [0, 0.05) is 11.6 Å². The van der Waals surface area contributed by atoms with E-state index in [1.54, 1.807) is 0 Å². The van der Waals surface area contributed by atoms with Gasteiger partial charge >= 0.3 is 0 Å². The van der Waals surface area contributed by atoms with Gasteiger partial charge in [-0.15, -0.1) is 0 Å². The summed E-state index contributed by atoms with van der Waals surface area (Å²) in [4.78, 5) is 12.9. The molecule has 2 aromatic carbocycles. The predicted molar refractivity (Wildman–Crippen MR) is 93.0 cm³/mol. The second-order valence-electron chi connectivity index (χ2n) is 5.88. The predicted octanol–water partition coefficient (Wildman–Crippen LogP) is 3.87. The molecule has 124 valence electrons. The number of ether oxygens (including phenoxy) is 1. The van der Waals surface area contributed by atoms with Crippen molar-refractivity contribution in [2.75, 3.05) is 7.11 Å². The molecule has 5 heteroatoms. The minimum atomic E-state index is -0.308. The summed E-state index contributed by atoms with van der Waals surface area (Å²) < 4.78 is 11.1. The van der Waals surface area contributed by atoms with E-state index in [0.29, 0.717) is 23.2 Å². The molecule has 0 aliphatic heterocycles. The Hall–Kier alpha value is -2.95. The summed E-state index contributed by atoms with van der Waals surface area (Å²) in [6, 6.07) is 5.77. The average Bonchev–Trinajstić information content (AvgIpc) is 2.54. The minimum absolute atomic E-state index is 0.0122. The Morgan fingerprint density at radius 1 is 1.25 bits per heavy atom. The van der Waals surface area contributed by atoms with Crippen LogP contribution in [0.25, 0.3) is 21.9 Å². The summed E-state index contributed by atoms with van der Waals surface area (Å²) in [5, 5.41) is 20.5. The van der Waals surface area contributed by atoms with E-state index in [4.69, 9.17) is 9.15 Å². The number of methoxy groups -OCH3 is 1. The van der Waals surface area contributed by atoms with E-state index in [2.05, 4.69) is 0 Å². The molecule has 0 aliphatic rings. The van der Waals surface area contributed by atoms with Gasteiger partial charge in [0.1, 0.15) is 33.8 Å². The SMILES string of the molecule is COc1cc(O)c(CC=C(C)C)c2oc3ccc(O)cc3c(=O)c12. The standard InChI is InChI=1S/C19H18O5/c1-10(2)4-6-12-14(21)9-16(23-3)17-18(22)13-8-11(20)5-7-15(13)24-19(12)17/h4-5,7-9,20-21H,6H2,1-3H3. The molecule has 0 spiro atoms. The lowest BCUT2D eigenvalue weighted by Gasteiger charge is -2.12. The molecule has 0 saturated carbocycles. The molecule has 0 amide bonds. The van der Waals surface area contributed by atoms with Gasteiger partial charge in [-0.3, -0.25) is 4.79 Å². The third-order valence-corrected chi connectivity index (χ3v) is 3.91. The number of benzene rings is 2. The summed E-state index contributed by atoms with van der Waals surface area (Å²) in [5.41, 5.74) is 1.95. The maximum atomic E-state index is 12.9. The second kappa shape index (κ2) is 5.92. The summed E-state index contributed by atoms with van der Waals surface area (Å²) in [6.45, 7) is 3.91. The van der Waals surface area contributed by atoms with Gasteiger partial charge in [0.2, 0.25) is 5.43 Å². The van der Waals surface area contributed by atoms with Crippen molar-refractivity contribution in [3.63, 3.8) is 0 Å². The van der Waals surface area contributed by atoms with Gasteiger partial charge in [-0.25, -0.2) is 0 Å². The number of phenols is 2. The fraction of sp³-hybridized carbons (Fsp3) is 0.211. The van der Waals surface area contributed by atoms with E-state index in [-0.39, 0.29) is 33.4 Å². The molecule has 0 unspecified atom stereocenters. The Labute approximate surface area is 138 Å². The van der Waals surface area contributed by atoms with Crippen LogP contribution in [0.2, 0.25) is 0 Å². The van der Waals surface area contributed by atoms with E-state index >= 15 is 0 Å². The highest BCUT2D eigenvalue weighted by Crippen LogP contribution is 2.36. The van der Waals surface area contributed by atoms with Crippen molar-refractivity contribution < 1.29 is 19.4 Å². The van der Waals surface area contributed by atoms with Gasteiger partial charge in [-0.2, -0.15) is 0 Å². The van der Waals surface area contributed by atoms with Gasteiger partial charge in [-0.1, -0.05) is 11.6 Å². The first-order valence-corrected chi connectivity index (χ1v) is 7.54. The van der Waals surface area contributed by atoms with Gasteiger partial charge < -0.3 is 19.4 Å². The van der Waals surface area contributed by atoms with Crippen molar-refractivity contribution in [1.29, 1.82) is 0 Å². The fourth-order valence-corrected chi connectivity index (χ4v) is 2.68. The highest BCUT2D eigenvalue weighted by Gasteiger charge is 2.19. The molecule has 0 aliphatic carbocycles. The molecule has 0 fully saturated rings. The molecule has 0 radical (unpaired) electrons. The monoisotopic (exact) mass is 326 g/mol. The lowest BCUT2D eigenvalue weighted by Crippen LogP contribution is -2.06. The van der Waals surface area contributed by atoms with Crippen LogP contribution in [0.4, 0.5) is 0 Å². The molecule has 1 heterocycles. The zero-order valence-corrected chi connectivity index (χ0v) is 13.7. The van der Waals surface area contributed by atoms with Crippen LogP contribution in [0.5, 0.6) is 17.2 Å². The molecule has 2 N–H and O–H groups in total. The van der Waals surface area contributed by atoms with Crippen LogP contribution in [0.3, 0.4) is 0 Å². The third kappa shape index (κ3) is 2.58. The second-order valence-corrected chi connectivity index (χ2v) is 5.88. The van der Waals surface area contributed by atoms with Crippen LogP contribution in [0.1, 0.15) is 19.4 Å². The van der Waals surface area contributed by atoms with Crippen molar-refractivity contribution in [3.8, 4) is 17.2 Å². The van der Waals surface area contributed by atoms with Gasteiger partial charge in [0.15, 0.2) is 0 Å². The maximum Gasteiger partial charge on any atom is 0.204 e. The Morgan fingerprint density at radius 2 is 2.00 bits per heavy atom. The van der Waals surface area contributed by atoms with Crippen LogP contribution in [0.15, 0.2) is 45.1 Å². The van der Waals surface area contributed by atoms with Crippen LogP contribution < -0.4 is 10.2 Å². The van der Waals surface area contributed by atoms with Crippen LogP contribution in [-0.4, -0.2) is 17.3 Å². The van der Waals surface area contributed by atoms with Crippen molar-refractivity contribution in [2.24, 2.45) is 0 Å². The van der Waals surface area contributed by atoms with Crippen molar-refractivity contribution in [3.05, 3.63) is 51.7 Å². The topological polar surface area (TPSA) is 79.9 Å². The van der Waals surface area contributed by atoms with E-state index in [0.717, 1.165) is 5.57 Å². The Kier molecular flexibility index (Phi) is 3.93. The largest absolute Gasteiger partial charge is 0.508 e. The lowest BCUT2D eigenvalue weighted by atomic mass is 10.0. The summed E-state index contributed by atoms with van der Waals surface area (Å²) in [7, 11) is 1.43. The molecular formula is C19H18O5. The van der Waals surface area contributed by atoms with Crippen molar-refractivity contribution >= 4 is 21.9 Å². The summed E-state index contributed by atoms with van der Waals surface area (Å²) in [5.74, 6) is 0.234. The summed E-state index contributed by atoms with van der Waals surface area (Å²) >= 11 is 0. The summed E-state index contributed by atoms with van der Waals surface area (Å²) in [6.07, 6.45) is 2.38. The molecule has 5 nitrogen and oxygen atoms in total. The number of aromatic hydroxyl groups is 2. The molecule has 3 rings (SSSR count). The van der Waals surface area contributed by atoms with Crippen molar-refractivity contribution in [2.45, 2.75) is 20.3 Å². The number of phenolic OH excluding ortho intramolecular Hbond substituents is 2. The third-order valence-electron chi connectivity index (χ3n) is 3.91. The fourth-order valence-electron chi connectivity index (χ4n) is 2.68. The van der Waals surface area contributed by atoms with Gasteiger partial charge in [-0.05, 0) is 38.5 Å². The van der Waals surface area contributed by atoms with E-state index in [1.165, 1.54) is 31.4 Å². The Morgan fingerprint density at radius 3 is 2.67 bits per heavy atom. The minimum Gasteiger partial charge on any atom is -0.508 e. The van der Waals surface area contributed by atoms with Crippen LogP contribution in [-0.2, 0) is 6.42 Å². The average molecular weight is 326 g/mol. The Bertz CT molecular complexity index is 1020. The van der Waals surface area contributed by atoms with Crippen molar-refractivity contribution in [1.82, 2.24) is 0 Å². The number of allylic oxidation sites excluding steroid dienone is 2. The van der Waals surface area contributed by atoms with Crippen LogP contribution >= 0.6 is 0 Å². The molecule has 24 heavy (non-hydrogen) atoms. The first kappa shape index (κ1) is 15.9. The van der Waals surface area contributed by atoms with Gasteiger partial charge in [0.25, 0.3) is 0 Å². The zero-order valence-electron chi connectivity index (χ0n) is 13.7. The highest BCUT2D eigenvalue weighted by molar-refractivity contribution is 5.96. The number of hydrogen-bond acceptors (Lipinski definition) is 5. The first-order valence-electron chi connectivity index (χ1n) is 7.54.